The average Bonchev–Trinajstić information content (AvgIpc) is 2.17. The summed E-state index contributed by atoms with van der Waals surface area (Å²) >= 11 is 0. The molecule has 0 aliphatic carbocycles. The first-order chi connectivity index (χ1) is 6.88. The fraction of sp³-hybridized carbons (Fsp3) is 0.500. The number of benzene rings is 1. The maximum Gasteiger partial charge on any atom is 0.123 e. The summed E-state index contributed by atoms with van der Waals surface area (Å²) in [6, 6.07) is 4.37. The second-order valence-corrected chi connectivity index (χ2v) is 4.29. The Labute approximate surface area is 90.2 Å². The van der Waals surface area contributed by atoms with Crippen LogP contribution in [0.2, 0.25) is 0 Å². The molecule has 1 unspecified atom stereocenters. The van der Waals surface area contributed by atoms with Gasteiger partial charge >= 0.3 is 0 Å². The van der Waals surface area contributed by atoms with Crippen molar-refractivity contribution in [1.82, 2.24) is 0 Å². The zero-order valence-electron chi connectivity index (χ0n) is 9.67. The van der Waals surface area contributed by atoms with Crippen LogP contribution in [0.1, 0.15) is 31.0 Å². The summed E-state index contributed by atoms with van der Waals surface area (Å²) in [7, 11) is 1.62. The van der Waals surface area contributed by atoms with Gasteiger partial charge in [0.2, 0.25) is 0 Å². The predicted molar refractivity (Wildman–Crippen MR) is 59.2 cm³/mol. The lowest BCUT2D eigenvalue weighted by atomic mass is 9.90. The number of rotatable bonds is 3. The minimum Gasteiger partial charge on any atom is -0.377 e. The molecule has 2 N–H and O–H groups in total. The van der Waals surface area contributed by atoms with Crippen LogP contribution in [0, 0.1) is 12.7 Å². The zero-order chi connectivity index (χ0) is 11.6. The van der Waals surface area contributed by atoms with Crippen molar-refractivity contribution in [2.75, 3.05) is 7.11 Å². The Kier molecular flexibility index (Phi) is 3.47. The summed E-state index contributed by atoms with van der Waals surface area (Å²) in [5.41, 5.74) is 7.40. The van der Waals surface area contributed by atoms with E-state index in [1.807, 2.05) is 20.8 Å². The van der Waals surface area contributed by atoms with Crippen LogP contribution in [0.3, 0.4) is 0 Å². The molecule has 0 aliphatic rings. The Balaban J connectivity index is 3.06. The SMILES string of the molecule is COC(C)(C)C(N)c1ccc(F)cc1C. The number of aryl methyl sites for hydroxylation is 1. The molecular formula is C12H18FNO. The van der Waals surface area contributed by atoms with Gasteiger partial charge in [-0.15, -0.1) is 0 Å². The van der Waals surface area contributed by atoms with Crippen LogP contribution >= 0.6 is 0 Å². The van der Waals surface area contributed by atoms with E-state index in [9.17, 15) is 4.39 Å². The number of ether oxygens (including phenoxy) is 1. The van der Waals surface area contributed by atoms with Crippen molar-refractivity contribution in [2.45, 2.75) is 32.4 Å². The van der Waals surface area contributed by atoms with E-state index in [-0.39, 0.29) is 11.9 Å². The van der Waals surface area contributed by atoms with Crippen molar-refractivity contribution in [3.8, 4) is 0 Å². The molecule has 0 saturated heterocycles. The largest absolute Gasteiger partial charge is 0.377 e. The Bertz CT molecular complexity index is 349. The molecule has 0 bridgehead atoms. The first-order valence-corrected chi connectivity index (χ1v) is 4.95. The molecule has 0 radical (unpaired) electrons. The van der Waals surface area contributed by atoms with Gasteiger partial charge in [0.05, 0.1) is 11.6 Å². The summed E-state index contributed by atoms with van der Waals surface area (Å²) < 4.78 is 18.2. The Morgan fingerprint density at radius 3 is 2.47 bits per heavy atom. The fourth-order valence-corrected chi connectivity index (χ4v) is 1.49. The highest BCUT2D eigenvalue weighted by Gasteiger charge is 2.28. The minimum atomic E-state index is -0.456. The van der Waals surface area contributed by atoms with Crippen molar-refractivity contribution in [1.29, 1.82) is 0 Å². The molecule has 0 heterocycles. The molecule has 1 atom stereocenters. The molecule has 1 aromatic rings. The third-order valence-corrected chi connectivity index (χ3v) is 2.84. The van der Waals surface area contributed by atoms with Gasteiger partial charge < -0.3 is 10.5 Å². The third-order valence-electron chi connectivity index (χ3n) is 2.84. The lowest BCUT2D eigenvalue weighted by Gasteiger charge is -2.31. The summed E-state index contributed by atoms with van der Waals surface area (Å²) in [5, 5.41) is 0. The van der Waals surface area contributed by atoms with E-state index in [4.69, 9.17) is 10.5 Å². The van der Waals surface area contributed by atoms with Gasteiger partial charge in [0, 0.05) is 7.11 Å². The predicted octanol–water partition coefficient (Wildman–Crippen LogP) is 2.56. The first-order valence-electron chi connectivity index (χ1n) is 4.95. The van der Waals surface area contributed by atoms with Gasteiger partial charge in [0.25, 0.3) is 0 Å². The van der Waals surface area contributed by atoms with Crippen LogP contribution in [-0.4, -0.2) is 12.7 Å². The fourth-order valence-electron chi connectivity index (χ4n) is 1.49. The van der Waals surface area contributed by atoms with Gasteiger partial charge in [-0.1, -0.05) is 6.07 Å². The molecule has 2 nitrogen and oxygen atoms in total. The van der Waals surface area contributed by atoms with Gasteiger partial charge in [0.15, 0.2) is 0 Å². The van der Waals surface area contributed by atoms with Gasteiger partial charge in [-0.25, -0.2) is 4.39 Å². The number of nitrogens with two attached hydrogens (primary N) is 1. The standard InChI is InChI=1S/C12H18FNO/c1-8-7-9(13)5-6-10(8)11(14)12(2,3)15-4/h5-7,11H,14H2,1-4H3. The van der Waals surface area contributed by atoms with Crippen LogP contribution in [0.5, 0.6) is 0 Å². The lowest BCUT2D eigenvalue weighted by Crippen LogP contribution is -2.37. The molecule has 0 saturated carbocycles. The van der Waals surface area contributed by atoms with E-state index >= 15 is 0 Å². The van der Waals surface area contributed by atoms with E-state index in [2.05, 4.69) is 0 Å². The van der Waals surface area contributed by atoms with Crippen LogP contribution in [0.4, 0.5) is 4.39 Å². The maximum atomic E-state index is 12.9. The van der Waals surface area contributed by atoms with E-state index in [1.54, 1.807) is 13.2 Å². The zero-order valence-corrected chi connectivity index (χ0v) is 9.67. The smallest absolute Gasteiger partial charge is 0.123 e. The highest BCUT2D eigenvalue weighted by atomic mass is 19.1. The van der Waals surface area contributed by atoms with Crippen molar-refractivity contribution in [3.05, 3.63) is 35.1 Å². The topological polar surface area (TPSA) is 35.2 Å². The molecule has 0 aromatic heterocycles. The summed E-state index contributed by atoms with van der Waals surface area (Å²) in [6.45, 7) is 5.69. The summed E-state index contributed by atoms with van der Waals surface area (Å²) in [6.07, 6.45) is 0. The van der Waals surface area contributed by atoms with Crippen molar-refractivity contribution in [2.24, 2.45) is 5.73 Å². The normalized spacial score (nSPS) is 14.0. The highest BCUT2D eigenvalue weighted by Crippen LogP contribution is 2.28. The number of hydrogen-bond acceptors (Lipinski definition) is 2. The molecule has 0 aliphatic heterocycles. The molecule has 0 fully saturated rings. The number of methoxy groups -OCH3 is 1. The Hall–Kier alpha value is -0.930. The maximum absolute atomic E-state index is 12.9. The van der Waals surface area contributed by atoms with Crippen molar-refractivity contribution in [3.63, 3.8) is 0 Å². The van der Waals surface area contributed by atoms with Crippen molar-refractivity contribution < 1.29 is 9.13 Å². The van der Waals surface area contributed by atoms with Crippen LogP contribution < -0.4 is 5.73 Å². The Morgan fingerprint density at radius 2 is 2.00 bits per heavy atom. The molecule has 1 aromatic carbocycles. The summed E-state index contributed by atoms with van der Waals surface area (Å²) in [5.74, 6) is -0.237. The van der Waals surface area contributed by atoms with Gasteiger partial charge in [-0.05, 0) is 44.0 Å². The number of halogens is 1. The molecule has 3 heteroatoms. The molecule has 84 valence electrons. The second-order valence-electron chi connectivity index (χ2n) is 4.29. The summed E-state index contributed by atoms with van der Waals surface area (Å²) in [4.78, 5) is 0. The highest BCUT2D eigenvalue weighted by molar-refractivity contribution is 5.30. The molecule has 0 amide bonds. The van der Waals surface area contributed by atoms with E-state index in [1.165, 1.54) is 12.1 Å². The quantitative estimate of drug-likeness (QED) is 0.834. The molecule has 1 rings (SSSR count). The lowest BCUT2D eigenvalue weighted by molar-refractivity contribution is -0.000207. The average molecular weight is 211 g/mol. The van der Waals surface area contributed by atoms with E-state index in [0.717, 1.165) is 11.1 Å². The monoisotopic (exact) mass is 211 g/mol. The minimum absolute atomic E-state index is 0.237. The van der Waals surface area contributed by atoms with Gasteiger partial charge in [0.1, 0.15) is 5.82 Å². The molecular weight excluding hydrogens is 193 g/mol. The van der Waals surface area contributed by atoms with Gasteiger partial charge in [-0.3, -0.25) is 0 Å². The molecule has 15 heavy (non-hydrogen) atoms. The third kappa shape index (κ3) is 2.55. The van der Waals surface area contributed by atoms with Crippen molar-refractivity contribution >= 4 is 0 Å². The first kappa shape index (κ1) is 12.1. The van der Waals surface area contributed by atoms with Crippen LogP contribution in [0.15, 0.2) is 18.2 Å². The second kappa shape index (κ2) is 4.29. The van der Waals surface area contributed by atoms with Crippen LogP contribution in [-0.2, 0) is 4.74 Å². The number of hydrogen-bond donors (Lipinski definition) is 1. The Morgan fingerprint density at radius 1 is 1.40 bits per heavy atom. The van der Waals surface area contributed by atoms with Crippen LogP contribution in [0.25, 0.3) is 0 Å². The van der Waals surface area contributed by atoms with E-state index < -0.39 is 5.60 Å². The van der Waals surface area contributed by atoms with E-state index in [0.29, 0.717) is 0 Å². The van der Waals surface area contributed by atoms with Gasteiger partial charge in [-0.2, -0.15) is 0 Å². The molecule has 0 spiro atoms.